The van der Waals surface area contributed by atoms with Crippen molar-refractivity contribution in [3.05, 3.63) is 24.0 Å². The molecule has 6 nitrogen and oxygen atoms in total. The molecular formula is C14H19N3O3. The van der Waals surface area contributed by atoms with Gasteiger partial charge in [-0.3, -0.25) is 9.78 Å². The average molecular weight is 277 g/mol. The molecule has 1 amide bonds. The average Bonchev–Trinajstić information content (AvgIpc) is 2.48. The largest absolute Gasteiger partial charge is 0.462 e. The Morgan fingerprint density at radius 2 is 1.95 bits per heavy atom. The predicted octanol–water partition coefficient (Wildman–Crippen LogP) is 0.927. The van der Waals surface area contributed by atoms with Crippen LogP contribution in [0.15, 0.2) is 18.5 Å². The van der Waals surface area contributed by atoms with Crippen molar-refractivity contribution in [1.29, 1.82) is 0 Å². The number of hydrogen-bond acceptors (Lipinski definition) is 5. The lowest BCUT2D eigenvalue weighted by Gasteiger charge is -2.35. The Labute approximate surface area is 118 Å². The molecule has 1 aromatic rings. The van der Waals surface area contributed by atoms with Gasteiger partial charge in [0.1, 0.15) is 0 Å². The highest BCUT2D eigenvalue weighted by Crippen LogP contribution is 2.17. The number of carbonyl (C=O) groups is 2. The fourth-order valence-corrected chi connectivity index (χ4v) is 2.21. The van der Waals surface area contributed by atoms with Crippen LogP contribution in [0, 0.1) is 0 Å². The predicted molar refractivity (Wildman–Crippen MR) is 74.7 cm³/mol. The van der Waals surface area contributed by atoms with Crippen molar-refractivity contribution in [3.63, 3.8) is 0 Å². The van der Waals surface area contributed by atoms with Crippen molar-refractivity contribution in [2.75, 3.05) is 37.7 Å². The van der Waals surface area contributed by atoms with E-state index in [2.05, 4.69) is 9.88 Å². The fraction of sp³-hybridized carbons (Fsp3) is 0.500. The summed E-state index contributed by atoms with van der Waals surface area (Å²) < 4.78 is 4.97. The molecule has 0 N–H and O–H groups in total. The molecule has 1 saturated heterocycles. The molecule has 0 atom stereocenters. The molecule has 0 aromatic carbocycles. The molecule has 1 fully saturated rings. The summed E-state index contributed by atoms with van der Waals surface area (Å²) in [5, 5.41) is 0. The highest BCUT2D eigenvalue weighted by atomic mass is 16.5. The highest BCUT2D eigenvalue weighted by Gasteiger charge is 2.19. The number of aromatic nitrogens is 1. The van der Waals surface area contributed by atoms with Gasteiger partial charge in [-0.05, 0) is 13.0 Å². The first-order valence-corrected chi connectivity index (χ1v) is 6.74. The number of esters is 1. The Hall–Kier alpha value is -2.11. The lowest BCUT2D eigenvalue weighted by Crippen LogP contribution is -2.48. The lowest BCUT2D eigenvalue weighted by molar-refractivity contribution is -0.129. The van der Waals surface area contributed by atoms with Crippen molar-refractivity contribution >= 4 is 17.6 Å². The minimum absolute atomic E-state index is 0.100. The van der Waals surface area contributed by atoms with Crippen LogP contribution in [0.3, 0.4) is 0 Å². The van der Waals surface area contributed by atoms with E-state index >= 15 is 0 Å². The van der Waals surface area contributed by atoms with Crippen molar-refractivity contribution in [1.82, 2.24) is 9.88 Å². The van der Waals surface area contributed by atoms with Gasteiger partial charge in [0.15, 0.2) is 0 Å². The first-order chi connectivity index (χ1) is 9.61. The highest BCUT2D eigenvalue weighted by molar-refractivity contribution is 5.90. The van der Waals surface area contributed by atoms with Gasteiger partial charge in [0.05, 0.1) is 24.1 Å². The summed E-state index contributed by atoms with van der Waals surface area (Å²) in [6, 6.07) is 1.79. The van der Waals surface area contributed by atoms with E-state index in [4.69, 9.17) is 4.74 Å². The zero-order valence-corrected chi connectivity index (χ0v) is 11.8. The zero-order chi connectivity index (χ0) is 14.5. The molecular weight excluding hydrogens is 258 g/mol. The minimum Gasteiger partial charge on any atom is -0.462 e. The monoisotopic (exact) mass is 277 g/mol. The minimum atomic E-state index is -0.357. The van der Waals surface area contributed by atoms with Gasteiger partial charge in [-0.25, -0.2) is 4.79 Å². The van der Waals surface area contributed by atoms with Crippen LogP contribution in [0.25, 0.3) is 0 Å². The topological polar surface area (TPSA) is 62.7 Å². The molecule has 6 heteroatoms. The summed E-state index contributed by atoms with van der Waals surface area (Å²) in [5.41, 5.74) is 1.34. The quantitative estimate of drug-likeness (QED) is 0.769. The molecule has 0 unspecified atom stereocenters. The van der Waals surface area contributed by atoms with Crippen LogP contribution in [0.5, 0.6) is 0 Å². The van der Waals surface area contributed by atoms with Gasteiger partial charge in [0, 0.05) is 39.3 Å². The summed E-state index contributed by atoms with van der Waals surface area (Å²) in [6.07, 6.45) is 3.24. The van der Waals surface area contributed by atoms with E-state index in [1.807, 2.05) is 4.90 Å². The number of rotatable bonds is 3. The maximum atomic E-state index is 11.7. The molecule has 1 aromatic heterocycles. The second kappa shape index (κ2) is 6.36. The Balaban J connectivity index is 2.05. The van der Waals surface area contributed by atoms with Crippen molar-refractivity contribution in [2.45, 2.75) is 13.8 Å². The molecule has 0 saturated carbocycles. The van der Waals surface area contributed by atoms with Gasteiger partial charge in [-0.1, -0.05) is 0 Å². The van der Waals surface area contributed by atoms with Crippen LogP contribution in [0.2, 0.25) is 0 Å². The number of nitrogens with zero attached hydrogens (tertiary/aromatic N) is 3. The summed E-state index contributed by atoms with van der Waals surface area (Å²) in [7, 11) is 0. The van der Waals surface area contributed by atoms with E-state index in [0.29, 0.717) is 25.3 Å². The summed E-state index contributed by atoms with van der Waals surface area (Å²) in [5.74, 6) is -0.257. The molecule has 0 aliphatic carbocycles. The normalized spacial score (nSPS) is 15.1. The molecule has 2 heterocycles. The summed E-state index contributed by atoms with van der Waals surface area (Å²) >= 11 is 0. The third-order valence-electron chi connectivity index (χ3n) is 3.33. The van der Waals surface area contributed by atoms with Crippen LogP contribution in [0.4, 0.5) is 5.69 Å². The maximum absolute atomic E-state index is 11.7. The van der Waals surface area contributed by atoms with E-state index in [1.165, 1.54) is 6.20 Å². The smallest absolute Gasteiger partial charge is 0.339 e. The van der Waals surface area contributed by atoms with Gasteiger partial charge in [0.25, 0.3) is 0 Å². The van der Waals surface area contributed by atoms with E-state index in [9.17, 15) is 9.59 Å². The Morgan fingerprint density at radius 3 is 2.55 bits per heavy atom. The van der Waals surface area contributed by atoms with Crippen molar-refractivity contribution in [2.24, 2.45) is 0 Å². The molecule has 20 heavy (non-hydrogen) atoms. The van der Waals surface area contributed by atoms with Gasteiger partial charge in [-0.2, -0.15) is 0 Å². The number of anilines is 1. The second-order valence-electron chi connectivity index (χ2n) is 4.65. The Kier molecular flexibility index (Phi) is 4.55. The lowest BCUT2D eigenvalue weighted by atomic mass is 10.2. The van der Waals surface area contributed by atoms with E-state index in [0.717, 1.165) is 18.8 Å². The van der Waals surface area contributed by atoms with Gasteiger partial charge in [-0.15, -0.1) is 0 Å². The summed E-state index contributed by atoms with van der Waals surface area (Å²) in [6.45, 7) is 6.58. The molecule has 2 rings (SSSR count). The third kappa shape index (κ3) is 3.26. The van der Waals surface area contributed by atoms with Crippen LogP contribution >= 0.6 is 0 Å². The number of amides is 1. The van der Waals surface area contributed by atoms with E-state index < -0.39 is 0 Å². The number of ether oxygens (including phenoxy) is 1. The number of piperazine rings is 1. The molecule has 0 radical (unpaired) electrons. The van der Waals surface area contributed by atoms with Crippen LogP contribution in [0.1, 0.15) is 24.2 Å². The molecule has 0 spiro atoms. The van der Waals surface area contributed by atoms with Gasteiger partial charge >= 0.3 is 5.97 Å². The van der Waals surface area contributed by atoms with Crippen molar-refractivity contribution < 1.29 is 14.3 Å². The first kappa shape index (κ1) is 14.3. The van der Waals surface area contributed by atoms with Crippen LogP contribution < -0.4 is 4.90 Å². The number of carbonyl (C=O) groups excluding carboxylic acids is 2. The van der Waals surface area contributed by atoms with Gasteiger partial charge < -0.3 is 14.5 Å². The Bertz CT molecular complexity index is 496. The number of pyridine rings is 1. The molecule has 108 valence electrons. The fourth-order valence-electron chi connectivity index (χ4n) is 2.21. The van der Waals surface area contributed by atoms with Crippen LogP contribution in [-0.2, 0) is 9.53 Å². The maximum Gasteiger partial charge on any atom is 0.339 e. The van der Waals surface area contributed by atoms with Crippen molar-refractivity contribution in [3.8, 4) is 0 Å². The van der Waals surface area contributed by atoms with E-state index in [-0.39, 0.29) is 11.9 Å². The van der Waals surface area contributed by atoms with E-state index in [1.54, 1.807) is 26.1 Å². The standard InChI is InChI=1S/C14H19N3O3/c1-3-20-14(19)12-8-13(10-15-9-12)17-6-4-16(5-7-17)11(2)18/h8-10H,3-7H2,1-2H3. The second-order valence-corrected chi connectivity index (χ2v) is 4.65. The molecule has 1 aliphatic heterocycles. The first-order valence-electron chi connectivity index (χ1n) is 6.74. The third-order valence-corrected chi connectivity index (χ3v) is 3.33. The van der Waals surface area contributed by atoms with Gasteiger partial charge in [0.2, 0.25) is 5.91 Å². The Morgan fingerprint density at radius 1 is 1.25 bits per heavy atom. The molecule has 0 bridgehead atoms. The number of hydrogen-bond donors (Lipinski definition) is 0. The molecule has 1 aliphatic rings. The SMILES string of the molecule is CCOC(=O)c1cncc(N2CCN(C(C)=O)CC2)c1. The zero-order valence-electron chi connectivity index (χ0n) is 11.8. The summed E-state index contributed by atoms with van der Waals surface area (Å²) in [4.78, 5) is 31.0. The van der Waals surface area contributed by atoms with Crippen LogP contribution in [-0.4, -0.2) is 54.5 Å².